The first kappa shape index (κ1) is 20.0. The molecule has 1 fully saturated rings. The lowest BCUT2D eigenvalue weighted by atomic mass is 9.92. The second-order valence-electron chi connectivity index (χ2n) is 6.87. The fraction of sp³-hybridized carbons (Fsp3) is 0.632. The van der Waals surface area contributed by atoms with Crippen LogP contribution in [0.25, 0.3) is 0 Å². The fourth-order valence-corrected chi connectivity index (χ4v) is 3.09. The van der Waals surface area contributed by atoms with Gasteiger partial charge in [0.25, 0.3) is 0 Å². The average molecular weight is 339 g/mol. The summed E-state index contributed by atoms with van der Waals surface area (Å²) in [7, 11) is 0. The smallest absolute Gasteiger partial charge is 0.223 e. The van der Waals surface area contributed by atoms with Gasteiger partial charge in [-0.3, -0.25) is 4.79 Å². The fourth-order valence-electron chi connectivity index (χ4n) is 3.09. The lowest BCUT2D eigenvalue weighted by Gasteiger charge is -2.27. The molecule has 23 heavy (non-hydrogen) atoms. The molecule has 1 saturated heterocycles. The standard InChI is InChI=1S/C19H30N2O.ClH/c1-14(2)17-8-6-16(7-9-17)5-4-11-21-19(22)18-10-12-20-15(3)13-18;/h6-9,14-15,18,20H,4-5,10-13H2,1-3H3,(H,21,22);1H/t15-,18-;/m0./s1. The summed E-state index contributed by atoms with van der Waals surface area (Å²) in [5, 5.41) is 6.49. The monoisotopic (exact) mass is 338 g/mol. The van der Waals surface area contributed by atoms with E-state index in [1.165, 1.54) is 11.1 Å². The van der Waals surface area contributed by atoms with Crippen LogP contribution in [0.3, 0.4) is 0 Å². The van der Waals surface area contributed by atoms with Crippen molar-refractivity contribution in [3.8, 4) is 0 Å². The summed E-state index contributed by atoms with van der Waals surface area (Å²) in [5.41, 5.74) is 2.74. The lowest BCUT2D eigenvalue weighted by molar-refractivity contribution is -0.126. The van der Waals surface area contributed by atoms with Gasteiger partial charge in [0.2, 0.25) is 5.91 Å². The van der Waals surface area contributed by atoms with Crippen LogP contribution in [0.1, 0.15) is 57.1 Å². The summed E-state index contributed by atoms with van der Waals surface area (Å²) in [4.78, 5) is 12.1. The van der Waals surface area contributed by atoms with E-state index in [0.717, 1.165) is 38.8 Å². The van der Waals surface area contributed by atoms with Gasteiger partial charge in [-0.15, -0.1) is 12.4 Å². The SMILES string of the molecule is CC(C)c1ccc(CCCNC(=O)[C@H]2CCN[C@@H](C)C2)cc1.Cl. The zero-order valence-corrected chi connectivity index (χ0v) is 15.4. The van der Waals surface area contributed by atoms with E-state index in [0.29, 0.717) is 12.0 Å². The number of carbonyl (C=O) groups is 1. The summed E-state index contributed by atoms with van der Waals surface area (Å²) in [6, 6.07) is 9.32. The van der Waals surface area contributed by atoms with Crippen molar-refractivity contribution in [3.63, 3.8) is 0 Å². The number of nitrogens with one attached hydrogen (secondary N) is 2. The normalized spacial score (nSPS) is 20.9. The molecule has 1 aliphatic rings. The molecule has 2 atom stereocenters. The van der Waals surface area contributed by atoms with Crippen LogP contribution in [0.2, 0.25) is 0 Å². The summed E-state index contributed by atoms with van der Waals surface area (Å²) >= 11 is 0. The number of hydrogen-bond donors (Lipinski definition) is 2. The molecule has 1 amide bonds. The largest absolute Gasteiger partial charge is 0.356 e. The minimum absolute atomic E-state index is 0. The molecule has 1 aromatic rings. The predicted octanol–water partition coefficient (Wildman–Crippen LogP) is 3.67. The highest BCUT2D eigenvalue weighted by molar-refractivity contribution is 5.85. The highest BCUT2D eigenvalue weighted by Gasteiger charge is 2.24. The minimum Gasteiger partial charge on any atom is -0.356 e. The maximum absolute atomic E-state index is 12.1. The molecule has 3 nitrogen and oxygen atoms in total. The molecule has 1 heterocycles. The lowest BCUT2D eigenvalue weighted by Crippen LogP contribution is -2.42. The van der Waals surface area contributed by atoms with Gasteiger partial charge in [0, 0.05) is 18.5 Å². The first-order valence-electron chi connectivity index (χ1n) is 8.66. The van der Waals surface area contributed by atoms with E-state index in [-0.39, 0.29) is 24.2 Å². The molecule has 1 aromatic carbocycles. The van der Waals surface area contributed by atoms with Gasteiger partial charge in [0.15, 0.2) is 0 Å². The van der Waals surface area contributed by atoms with E-state index in [4.69, 9.17) is 0 Å². The van der Waals surface area contributed by atoms with Crippen molar-refractivity contribution < 1.29 is 4.79 Å². The third-order valence-electron chi connectivity index (χ3n) is 4.58. The Bertz CT molecular complexity index is 473. The number of rotatable bonds is 6. The molecule has 0 spiro atoms. The van der Waals surface area contributed by atoms with Crippen molar-refractivity contribution in [1.29, 1.82) is 0 Å². The minimum atomic E-state index is 0. The van der Waals surface area contributed by atoms with Crippen molar-refractivity contribution in [2.45, 2.75) is 58.4 Å². The van der Waals surface area contributed by atoms with E-state index in [1.807, 2.05) is 0 Å². The van der Waals surface area contributed by atoms with Crippen LogP contribution in [-0.4, -0.2) is 25.0 Å². The van der Waals surface area contributed by atoms with Gasteiger partial charge < -0.3 is 10.6 Å². The van der Waals surface area contributed by atoms with E-state index < -0.39 is 0 Å². The summed E-state index contributed by atoms with van der Waals surface area (Å²) in [6.45, 7) is 8.32. The maximum atomic E-state index is 12.1. The van der Waals surface area contributed by atoms with Crippen molar-refractivity contribution in [2.75, 3.05) is 13.1 Å². The third kappa shape index (κ3) is 6.52. The zero-order chi connectivity index (χ0) is 15.9. The van der Waals surface area contributed by atoms with Gasteiger partial charge >= 0.3 is 0 Å². The Morgan fingerprint density at radius 3 is 2.61 bits per heavy atom. The summed E-state index contributed by atoms with van der Waals surface area (Å²) in [5.74, 6) is 1.02. The number of piperidine rings is 1. The highest BCUT2D eigenvalue weighted by Crippen LogP contribution is 2.17. The van der Waals surface area contributed by atoms with Crippen LogP contribution in [-0.2, 0) is 11.2 Å². The van der Waals surface area contributed by atoms with Crippen molar-refractivity contribution in [3.05, 3.63) is 35.4 Å². The zero-order valence-electron chi connectivity index (χ0n) is 14.6. The van der Waals surface area contributed by atoms with Gasteiger partial charge in [-0.2, -0.15) is 0 Å². The van der Waals surface area contributed by atoms with Gasteiger partial charge in [-0.25, -0.2) is 0 Å². The topological polar surface area (TPSA) is 41.1 Å². The molecule has 0 aliphatic carbocycles. The maximum Gasteiger partial charge on any atom is 0.223 e. The van der Waals surface area contributed by atoms with E-state index in [9.17, 15) is 4.79 Å². The Morgan fingerprint density at radius 2 is 2.00 bits per heavy atom. The Morgan fingerprint density at radius 1 is 1.30 bits per heavy atom. The van der Waals surface area contributed by atoms with Crippen LogP contribution < -0.4 is 10.6 Å². The van der Waals surface area contributed by atoms with E-state index >= 15 is 0 Å². The van der Waals surface area contributed by atoms with Gasteiger partial charge in [-0.1, -0.05) is 38.1 Å². The molecular weight excluding hydrogens is 308 g/mol. The number of halogens is 1. The molecule has 4 heteroatoms. The van der Waals surface area contributed by atoms with Crippen molar-refractivity contribution in [2.24, 2.45) is 5.92 Å². The van der Waals surface area contributed by atoms with Crippen molar-refractivity contribution >= 4 is 18.3 Å². The highest BCUT2D eigenvalue weighted by atomic mass is 35.5. The number of amides is 1. The van der Waals surface area contributed by atoms with Crippen LogP contribution in [0.5, 0.6) is 0 Å². The Hall–Kier alpha value is -1.06. The Balaban J connectivity index is 0.00000264. The second kappa shape index (κ2) is 9.94. The molecule has 2 N–H and O–H groups in total. The third-order valence-corrected chi connectivity index (χ3v) is 4.58. The predicted molar refractivity (Wildman–Crippen MR) is 99.3 cm³/mol. The number of benzene rings is 1. The summed E-state index contributed by atoms with van der Waals surface area (Å²) in [6.07, 6.45) is 3.96. The quantitative estimate of drug-likeness (QED) is 0.777. The molecular formula is C19H31ClN2O. The summed E-state index contributed by atoms with van der Waals surface area (Å²) < 4.78 is 0. The molecule has 0 saturated carbocycles. The number of carbonyl (C=O) groups excluding carboxylic acids is 1. The van der Waals surface area contributed by atoms with E-state index in [1.54, 1.807) is 0 Å². The molecule has 0 bridgehead atoms. The molecule has 130 valence electrons. The van der Waals surface area contributed by atoms with Crippen molar-refractivity contribution in [1.82, 2.24) is 10.6 Å². The first-order chi connectivity index (χ1) is 10.6. The Kier molecular flexibility index (Phi) is 8.64. The van der Waals surface area contributed by atoms with E-state index in [2.05, 4.69) is 55.7 Å². The second-order valence-corrected chi connectivity index (χ2v) is 6.87. The van der Waals surface area contributed by atoms with Gasteiger partial charge in [0.1, 0.15) is 0 Å². The van der Waals surface area contributed by atoms with Gasteiger partial charge in [0.05, 0.1) is 0 Å². The number of hydrogen-bond acceptors (Lipinski definition) is 2. The molecule has 1 aliphatic heterocycles. The Labute approximate surface area is 147 Å². The van der Waals surface area contributed by atoms with Crippen LogP contribution in [0, 0.1) is 5.92 Å². The molecule has 0 aromatic heterocycles. The average Bonchev–Trinajstić information content (AvgIpc) is 2.51. The van der Waals surface area contributed by atoms with Gasteiger partial charge in [-0.05, 0) is 56.2 Å². The first-order valence-corrected chi connectivity index (χ1v) is 8.66. The molecule has 0 radical (unpaired) electrons. The van der Waals surface area contributed by atoms with Crippen LogP contribution in [0.4, 0.5) is 0 Å². The molecule has 0 unspecified atom stereocenters. The molecule has 2 rings (SSSR count). The van der Waals surface area contributed by atoms with Crippen LogP contribution >= 0.6 is 12.4 Å². The van der Waals surface area contributed by atoms with Crippen LogP contribution in [0.15, 0.2) is 24.3 Å². The number of aryl methyl sites for hydroxylation is 1.